The predicted molar refractivity (Wildman–Crippen MR) is 53.0 cm³/mol. The minimum atomic E-state index is 0.936. The zero-order valence-corrected chi connectivity index (χ0v) is 7.03. The molecular weight excluding hydrogens is 144 g/mol. The molecule has 1 aromatic rings. The molecule has 1 rings (SSSR count). The Bertz CT molecular complexity index is 287. The molecular formula is C12H12. The molecule has 0 atom stereocenters. The maximum Gasteiger partial charge on any atom is -0.00213 e. The molecule has 0 saturated carbocycles. The summed E-state index contributed by atoms with van der Waals surface area (Å²) in [5.41, 5.74) is 4.32. The molecule has 0 fully saturated rings. The second-order valence-electron chi connectivity index (χ2n) is 2.46. The fraction of sp³-hybridized carbons (Fsp3) is 0.0833. The number of rotatable bonds is 3. The molecule has 0 saturated heterocycles. The van der Waals surface area contributed by atoms with Gasteiger partial charge < -0.3 is 0 Å². The topological polar surface area (TPSA) is 0 Å². The predicted octanol–water partition coefficient (Wildman–Crippen LogP) is 3.13. The zero-order valence-electron chi connectivity index (χ0n) is 7.03. The summed E-state index contributed by atoms with van der Waals surface area (Å²) in [6, 6.07) is 10.3. The molecule has 1 aromatic carbocycles. The van der Waals surface area contributed by atoms with Crippen LogP contribution in [0.2, 0.25) is 0 Å². The van der Waals surface area contributed by atoms with Crippen LogP contribution in [0.3, 0.4) is 0 Å². The Hall–Kier alpha value is -1.52. The van der Waals surface area contributed by atoms with Gasteiger partial charge in [0.1, 0.15) is 0 Å². The van der Waals surface area contributed by atoms with Crippen molar-refractivity contribution in [2.24, 2.45) is 0 Å². The molecule has 0 nitrogen and oxygen atoms in total. The second kappa shape index (κ2) is 5.17. The molecule has 60 valence electrons. The maximum atomic E-state index is 3.57. The van der Waals surface area contributed by atoms with Crippen molar-refractivity contribution in [1.29, 1.82) is 0 Å². The lowest BCUT2D eigenvalue weighted by Gasteiger charge is -1.91. The van der Waals surface area contributed by atoms with Crippen molar-refractivity contribution in [2.75, 3.05) is 0 Å². The van der Waals surface area contributed by atoms with Gasteiger partial charge in [0, 0.05) is 0 Å². The lowest BCUT2D eigenvalue weighted by molar-refractivity contribution is 1.27. The minimum absolute atomic E-state index is 0.936. The van der Waals surface area contributed by atoms with Gasteiger partial charge in [-0.1, -0.05) is 43.0 Å². The van der Waals surface area contributed by atoms with Crippen LogP contribution in [0.4, 0.5) is 0 Å². The van der Waals surface area contributed by atoms with Crippen LogP contribution in [-0.2, 0) is 6.42 Å². The average molecular weight is 156 g/mol. The molecule has 0 amide bonds. The van der Waals surface area contributed by atoms with Crippen LogP contribution < -0.4 is 0 Å². The van der Waals surface area contributed by atoms with Crippen LogP contribution in [0.1, 0.15) is 5.56 Å². The SMILES string of the molecule is C=CC=C=CCc1ccccc1. The molecule has 0 bridgehead atoms. The van der Waals surface area contributed by atoms with Gasteiger partial charge in [-0.3, -0.25) is 0 Å². The summed E-state index contributed by atoms with van der Waals surface area (Å²) in [4.78, 5) is 0. The van der Waals surface area contributed by atoms with Gasteiger partial charge in [0.05, 0.1) is 0 Å². The molecule has 0 aromatic heterocycles. The van der Waals surface area contributed by atoms with E-state index in [4.69, 9.17) is 0 Å². The summed E-state index contributed by atoms with van der Waals surface area (Å²) >= 11 is 0. The van der Waals surface area contributed by atoms with Crippen LogP contribution in [0.25, 0.3) is 0 Å². The summed E-state index contributed by atoms with van der Waals surface area (Å²) in [5, 5.41) is 0. The quantitative estimate of drug-likeness (QED) is 0.466. The first kappa shape index (κ1) is 8.58. The molecule has 0 radical (unpaired) electrons. The summed E-state index contributed by atoms with van der Waals surface area (Å²) in [6.45, 7) is 3.57. The third-order valence-corrected chi connectivity index (χ3v) is 1.51. The van der Waals surface area contributed by atoms with E-state index in [1.54, 1.807) is 6.08 Å². The summed E-state index contributed by atoms with van der Waals surface area (Å²) in [5.74, 6) is 0. The van der Waals surface area contributed by atoms with Crippen molar-refractivity contribution in [3.63, 3.8) is 0 Å². The van der Waals surface area contributed by atoms with E-state index in [0.717, 1.165) is 6.42 Å². The highest BCUT2D eigenvalue weighted by Crippen LogP contribution is 1.99. The van der Waals surface area contributed by atoms with E-state index in [-0.39, 0.29) is 0 Å². The monoisotopic (exact) mass is 156 g/mol. The summed E-state index contributed by atoms with van der Waals surface area (Å²) in [6.07, 6.45) is 6.46. The standard InChI is InChI=1S/C12H12/c1-2-3-4-6-9-12-10-7-5-8-11-12/h2-3,5-8,10-11H,1,9H2. The first-order chi connectivity index (χ1) is 5.93. The van der Waals surface area contributed by atoms with Crippen LogP contribution in [0.15, 0.2) is 60.9 Å². The highest BCUT2D eigenvalue weighted by atomic mass is 13.9. The fourth-order valence-corrected chi connectivity index (χ4v) is 0.927. The molecule has 12 heavy (non-hydrogen) atoms. The molecule has 0 aliphatic carbocycles. The smallest absolute Gasteiger partial charge is 0.00213 e. The normalized spacial score (nSPS) is 8.33. The lowest BCUT2D eigenvalue weighted by atomic mass is 10.1. The van der Waals surface area contributed by atoms with Gasteiger partial charge in [-0.05, 0) is 24.1 Å². The van der Waals surface area contributed by atoms with Crippen molar-refractivity contribution in [1.82, 2.24) is 0 Å². The molecule has 0 aliphatic heterocycles. The third-order valence-electron chi connectivity index (χ3n) is 1.51. The van der Waals surface area contributed by atoms with Gasteiger partial charge in [0.2, 0.25) is 0 Å². The molecule has 0 heterocycles. The van der Waals surface area contributed by atoms with Crippen molar-refractivity contribution in [3.05, 3.63) is 66.4 Å². The van der Waals surface area contributed by atoms with E-state index in [9.17, 15) is 0 Å². The van der Waals surface area contributed by atoms with Crippen LogP contribution >= 0.6 is 0 Å². The Balaban J connectivity index is 2.54. The van der Waals surface area contributed by atoms with E-state index < -0.39 is 0 Å². The van der Waals surface area contributed by atoms with Crippen molar-refractivity contribution in [2.45, 2.75) is 6.42 Å². The first-order valence-electron chi connectivity index (χ1n) is 3.99. The fourth-order valence-electron chi connectivity index (χ4n) is 0.927. The number of hydrogen-bond acceptors (Lipinski definition) is 0. The van der Waals surface area contributed by atoms with Gasteiger partial charge >= 0.3 is 0 Å². The molecule has 0 N–H and O–H groups in total. The Labute approximate surface area is 73.6 Å². The van der Waals surface area contributed by atoms with Crippen molar-refractivity contribution in [3.8, 4) is 0 Å². The summed E-state index contributed by atoms with van der Waals surface area (Å²) in [7, 11) is 0. The maximum absolute atomic E-state index is 3.57. The second-order valence-corrected chi connectivity index (χ2v) is 2.46. The molecule has 0 aliphatic rings. The molecule has 0 heteroatoms. The zero-order chi connectivity index (χ0) is 8.65. The Morgan fingerprint density at radius 3 is 2.67 bits per heavy atom. The van der Waals surface area contributed by atoms with Crippen LogP contribution in [0.5, 0.6) is 0 Å². The largest absolute Gasteiger partial charge is 0.125 e. The number of benzene rings is 1. The minimum Gasteiger partial charge on any atom is -0.125 e. The van der Waals surface area contributed by atoms with E-state index in [2.05, 4.69) is 24.4 Å². The Morgan fingerprint density at radius 2 is 2.00 bits per heavy atom. The number of allylic oxidation sites excluding steroid dienone is 2. The van der Waals surface area contributed by atoms with Crippen molar-refractivity contribution < 1.29 is 0 Å². The van der Waals surface area contributed by atoms with Gasteiger partial charge in [0.25, 0.3) is 0 Å². The van der Waals surface area contributed by atoms with Gasteiger partial charge in [0.15, 0.2) is 0 Å². The lowest BCUT2D eigenvalue weighted by Crippen LogP contribution is -1.76. The Kier molecular flexibility index (Phi) is 3.70. The van der Waals surface area contributed by atoms with Gasteiger partial charge in [-0.2, -0.15) is 0 Å². The number of hydrogen-bond donors (Lipinski definition) is 0. The van der Waals surface area contributed by atoms with Crippen LogP contribution in [0, 0.1) is 0 Å². The first-order valence-corrected chi connectivity index (χ1v) is 3.99. The van der Waals surface area contributed by atoms with Crippen LogP contribution in [-0.4, -0.2) is 0 Å². The van der Waals surface area contributed by atoms with Gasteiger partial charge in [-0.15, -0.1) is 5.73 Å². The average Bonchev–Trinajstić information content (AvgIpc) is 2.14. The summed E-state index contributed by atoms with van der Waals surface area (Å²) < 4.78 is 0. The van der Waals surface area contributed by atoms with Crippen molar-refractivity contribution >= 4 is 0 Å². The molecule has 0 unspecified atom stereocenters. The highest BCUT2D eigenvalue weighted by Gasteiger charge is 1.83. The Morgan fingerprint density at radius 1 is 1.25 bits per heavy atom. The van der Waals surface area contributed by atoms with E-state index >= 15 is 0 Å². The van der Waals surface area contributed by atoms with E-state index in [1.807, 2.05) is 30.4 Å². The van der Waals surface area contributed by atoms with E-state index in [1.165, 1.54) is 5.56 Å². The van der Waals surface area contributed by atoms with E-state index in [0.29, 0.717) is 0 Å². The van der Waals surface area contributed by atoms with Gasteiger partial charge in [-0.25, -0.2) is 0 Å². The highest BCUT2D eigenvalue weighted by molar-refractivity contribution is 5.17. The molecule has 0 spiro atoms. The third kappa shape index (κ3) is 3.05.